The molecule has 1 aromatic heterocycles. The van der Waals surface area contributed by atoms with Gasteiger partial charge in [-0.05, 0) is 37.1 Å². The zero-order chi connectivity index (χ0) is 22.2. The number of alkyl halides is 3. The number of carbonyl (C=O) groups excluding carboxylic acids is 1. The second kappa shape index (κ2) is 8.51. The van der Waals surface area contributed by atoms with Crippen LogP contribution in [0.1, 0.15) is 40.6 Å². The molecule has 5 nitrogen and oxygen atoms in total. The lowest BCUT2D eigenvalue weighted by Crippen LogP contribution is -2.38. The van der Waals surface area contributed by atoms with Crippen LogP contribution in [0.25, 0.3) is 11.4 Å². The Labute approximate surface area is 185 Å². The summed E-state index contributed by atoms with van der Waals surface area (Å²) in [6.07, 6.45) is -3.62. The van der Waals surface area contributed by atoms with Crippen molar-refractivity contribution in [3.63, 3.8) is 0 Å². The maximum Gasteiger partial charge on any atom is 0.417 e. The molecule has 2 aromatic carbocycles. The maximum atomic E-state index is 13.2. The normalized spacial score (nSPS) is 15.3. The third-order valence-electron chi connectivity index (χ3n) is 5.22. The standard InChI is InChI=1S/C21H16Cl2F3N3O2/c22-15-6-3-7-16(23)17(15)18-27-19(31-28-18)12-8-10-29(11-9-12)20(30)13-4-1-2-5-14(13)21(24,25)26/h1-7,12H,8-11H2. The van der Waals surface area contributed by atoms with E-state index in [4.69, 9.17) is 27.7 Å². The third-order valence-corrected chi connectivity index (χ3v) is 5.85. The topological polar surface area (TPSA) is 59.2 Å². The fourth-order valence-corrected chi connectivity index (χ4v) is 4.20. The van der Waals surface area contributed by atoms with E-state index in [2.05, 4.69) is 10.1 Å². The number of halogens is 5. The fourth-order valence-electron chi connectivity index (χ4n) is 3.63. The summed E-state index contributed by atoms with van der Waals surface area (Å²) in [7, 11) is 0. The number of rotatable bonds is 3. The summed E-state index contributed by atoms with van der Waals surface area (Å²) in [6, 6.07) is 9.86. The van der Waals surface area contributed by atoms with Gasteiger partial charge < -0.3 is 9.42 Å². The molecular formula is C21H16Cl2F3N3O2. The zero-order valence-electron chi connectivity index (χ0n) is 16.0. The summed E-state index contributed by atoms with van der Waals surface area (Å²) in [5.74, 6) is -0.109. The minimum atomic E-state index is -4.59. The molecule has 0 N–H and O–H groups in total. The second-order valence-corrected chi connectivity index (χ2v) is 7.98. The Hall–Kier alpha value is -2.58. The van der Waals surface area contributed by atoms with Gasteiger partial charge in [-0.1, -0.05) is 46.6 Å². The first-order valence-corrected chi connectivity index (χ1v) is 10.2. The molecule has 1 saturated heterocycles. The van der Waals surface area contributed by atoms with E-state index in [0.29, 0.717) is 34.3 Å². The lowest BCUT2D eigenvalue weighted by Gasteiger charge is -2.31. The zero-order valence-corrected chi connectivity index (χ0v) is 17.5. The summed E-state index contributed by atoms with van der Waals surface area (Å²) < 4.78 is 45.1. The van der Waals surface area contributed by atoms with E-state index in [1.54, 1.807) is 18.2 Å². The molecule has 1 aliphatic rings. The molecule has 0 radical (unpaired) electrons. The van der Waals surface area contributed by atoms with Crippen LogP contribution in [-0.4, -0.2) is 34.0 Å². The number of benzene rings is 2. The lowest BCUT2D eigenvalue weighted by atomic mass is 9.95. The van der Waals surface area contributed by atoms with Gasteiger partial charge >= 0.3 is 6.18 Å². The van der Waals surface area contributed by atoms with Crippen molar-refractivity contribution in [2.75, 3.05) is 13.1 Å². The monoisotopic (exact) mass is 469 g/mol. The Balaban J connectivity index is 1.47. The number of aromatic nitrogens is 2. The molecule has 10 heteroatoms. The molecule has 0 aliphatic carbocycles. The van der Waals surface area contributed by atoms with Crippen molar-refractivity contribution in [1.29, 1.82) is 0 Å². The highest BCUT2D eigenvalue weighted by Crippen LogP contribution is 2.36. The molecule has 4 rings (SSSR count). The molecular weight excluding hydrogens is 454 g/mol. The molecule has 31 heavy (non-hydrogen) atoms. The summed E-state index contributed by atoms with van der Waals surface area (Å²) in [6.45, 7) is 0.556. The van der Waals surface area contributed by atoms with Crippen molar-refractivity contribution in [2.24, 2.45) is 0 Å². The van der Waals surface area contributed by atoms with Gasteiger partial charge in [0.1, 0.15) is 0 Å². The Kier molecular flexibility index (Phi) is 5.94. The predicted octanol–water partition coefficient (Wildman–Crippen LogP) is 6.08. The van der Waals surface area contributed by atoms with E-state index in [9.17, 15) is 18.0 Å². The quantitative estimate of drug-likeness (QED) is 0.466. The largest absolute Gasteiger partial charge is 0.417 e. The summed E-state index contributed by atoms with van der Waals surface area (Å²) in [5.41, 5.74) is -0.806. The average molecular weight is 470 g/mol. The molecule has 0 atom stereocenters. The highest BCUT2D eigenvalue weighted by atomic mass is 35.5. The highest BCUT2D eigenvalue weighted by Gasteiger charge is 2.37. The average Bonchev–Trinajstić information content (AvgIpc) is 3.22. The molecule has 1 aliphatic heterocycles. The van der Waals surface area contributed by atoms with Crippen molar-refractivity contribution >= 4 is 29.1 Å². The van der Waals surface area contributed by atoms with Gasteiger partial charge in [0, 0.05) is 19.0 Å². The smallest absolute Gasteiger partial charge is 0.339 e. The molecule has 0 unspecified atom stereocenters. The number of nitrogens with zero attached hydrogens (tertiary/aromatic N) is 3. The first-order valence-electron chi connectivity index (χ1n) is 9.49. The summed E-state index contributed by atoms with van der Waals surface area (Å²) in [4.78, 5) is 18.5. The van der Waals surface area contributed by atoms with Crippen molar-refractivity contribution in [3.8, 4) is 11.4 Å². The van der Waals surface area contributed by atoms with E-state index in [1.165, 1.54) is 23.1 Å². The minimum absolute atomic E-state index is 0.121. The Morgan fingerprint density at radius 1 is 1.03 bits per heavy atom. The number of likely N-dealkylation sites (tertiary alicyclic amines) is 1. The van der Waals surface area contributed by atoms with Crippen LogP contribution in [0.3, 0.4) is 0 Å². The van der Waals surface area contributed by atoms with Crippen LogP contribution in [0.2, 0.25) is 10.0 Å². The van der Waals surface area contributed by atoms with Crippen molar-refractivity contribution in [1.82, 2.24) is 15.0 Å². The van der Waals surface area contributed by atoms with Crippen LogP contribution in [0, 0.1) is 0 Å². The predicted molar refractivity (Wildman–Crippen MR) is 109 cm³/mol. The van der Waals surface area contributed by atoms with Gasteiger partial charge in [0.25, 0.3) is 5.91 Å². The number of piperidine rings is 1. The molecule has 1 amide bonds. The Morgan fingerprint density at radius 2 is 1.68 bits per heavy atom. The van der Waals surface area contributed by atoms with Crippen LogP contribution in [0.4, 0.5) is 13.2 Å². The number of carbonyl (C=O) groups is 1. The van der Waals surface area contributed by atoms with Gasteiger partial charge in [-0.25, -0.2) is 0 Å². The van der Waals surface area contributed by atoms with E-state index >= 15 is 0 Å². The third kappa shape index (κ3) is 4.41. The maximum absolute atomic E-state index is 13.2. The highest BCUT2D eigenvalue weighted by molar-refractivity contribution is 6.38. The fraction of sp³-hybridized carbons (Fsp3) is 0.286. The second-order valence-electron chi connectivity index (χ2n) is 7.16. The molecule has 1 fully saturated rings. The van der Waals surface area contributed by atoms with Gasteiger partial charge in [-0.3, -0.25) is 4.79 Å². The molecule has 2 heterocycles. The molecule has 162 valence electrons. The van der Waals surface area contributed by atoms with Crippen LogP contribution in [-0.2, 0) is 6.18 Å². The van der Waals surface area contributed by atoms with Crippen LogP contribution in [0.15, 0.2) is 47.0 Å². The lowest BCUT2D eigenvalue weighted by molar-refractivity contribution is -0.138. The molecule has 0 saturated carbocycles. The van der Waals surface area contributed by atoms with Gasteiger partial charge in [0.2, 0.25) is 11.7 Å². The van der Waals surface area contributed by atoms with E-state index in [-0.39, 0.29) is 30.4 Å². The Morgan fingerprint density at radius 3 is 2.32 bits per heavy atom. The minimum Gasteiger partial charge on any atom is -0.339 e. The van der Waals surface area contributed by atoms with E-state index < -0.39 is 17.6 Å². The summed E-state index contributed by atoms with van der Waals surface area (Å²) >= 11 is 12.4. The number of hydrogen-bond donors (Lipinski definition) is 0. The first kappa shape index (κ1) is 21.6. The van der Waals surface area contributed by atoms with Gasteiger partial charge in [0.15, 0.2) is 0 Å². The molecule has 3 aromatic rings. The van der Waals surface area contributed by atoms with Crippen LogP contribution >= 0.6 is 23.2 Å². The summed E-state index contributed by atoms with van der Waals surface area (Å²) in [5, 5.41) is 4.75. The number of amides is 1. The van der Waals surface area contributed by atoms with E-state index in [0.717, 1.165) is 6.07 Å². The van der Waals surface area contributed by atoms with E-state index in [1.807, 2.05) is 0 Å². The van der Waals surface area contributed by atoms with Crippen LogP contribution < -0.4 is 0 Å². The SMILES string of the molecule is O=C(c1ccccc1C(F)(F)F)N1CCC(c2nc(-c3c(Cl)cccc3Cl)no2)CC1. The van der Waals surface area contributed by atoms with Gasteiger partial charge in [-0.2, -0.15) is 18.2 Å². The molecule has 0 spiro atoms. The first-order chi connectivity index (χ1) is 14.8. The Bertz CT molecular complexity index is 1090. The number of hydrogen-bond acceptors (Lipinski definition) is 4. The van der Waals surface area contributed by atoms with Crippen LogP contribution in [0.5, 0.6) is 0 Å². The van der Waals surface area contributed by atoms with Crippen molar-refractivity contribution in [3.05, 3.63) is 69.5 Å². The van der Waals surface area contributed by atoms with Gasteiger partial charge in [-0.15, -0.1) is 0 Å². The molecule has 0 bridgehead atoms. The van der Waals surface area contributed by atoms with Crippen molar-refractivity contribution in [2.45, 2.75) is 24.9 Å². The van der Waals surface area contributed by atoms with Crippen molar-refractivity contribution < 1.29 is 22.5 Å². The van der Waals surface area contributed by atoms with Gasteiger partial charge in [0.05, 0.1) is 26.7 Å².